The number of rotatable bonds is 5. The van der Waals surface area contributed by atoms with Crippen LogP contribution in [-0.4, -0.2) is 18.9 Å². The molecule has 90 valence electrons. The first-order valence-electron chi connectivity index (χ1n) is 5.59. The number of hydrogen-bond acceptors (Lipinski definition) is 3. The molecular weight excluding hydrogens is 218 g/mol. The Kier molecular flexibility index (Phi) is 5.16. The number of thioether (sulfide) groups is 1. The smallest absolute Gasteiger partial charge is 0.119 e. The summed E-state index contributed by atoms with van der Waals surface area (Å²) in [4.78, 5) is 1.30. The van der Waals surface area contributed by atoms with Gasteiger partial charge in [-0.05, 0) is 36.6 Å². The first-order valence-corrected chi connectivity index (χ1v) is 6.47. The minimum atomic E-state index is 0.479. The zero-order chi connectivity index (χ0) is 12.1. The third kappa shape index (κ3) is 3.42. The van der Waals surface area contributed by atoms with Gasteiger partial charge in [-0.25, -0.2) is 0 Å². The van der Waals surface area contributed by atoms with Gasteiger partial charge in [0.2, 0.25) is 0 Å². The minimum Gasteiger partial charge on any atom is -0.497 e. The Balaban J connectivity index is 2.80. The topological polar surface area (TPSA) is 35.2 Å². The lowest BCUT2D eigenvalue weighted by atomic mass is 10.1. The molecule has 1 aromatic carbocycles. The normalized spacial score (nSPS) is 12.9. The summed E-state index contributed by atoms with van der Waals surface area (Å²) >= 11 is 1.86. The lowest BCUT2D eigenvalue weighted by Crippen LogP contribution is -2.22. The van der Waals surface area contributed by atoms with Crippen LogP contribution in [0.3, 0.4) is 0 Å². The fraction of sp³-hybridized carbons (Fsp3) is 0.538. The van der Waals surface area contributed by atoms with E-state index in [2.05, 4.69) is 32.9 Å². The largest absolute Gasteiger partial charge is 0.497 e. The third-order valence-corrected chi connectivity index (χ3v) is 4.39. The maximum absolute atomic E-state index is 5.78. The van der Waals surface area contributed by atoms with Gasteiger partial charge >= 0.3 is 0 Å². The van der Waals surface area contributed by atoms with Crippen molar-refractivity contribution in [1.29, 1.82) is 0 Å². The molecule has 0 aliphatic rings. The van der Waals surface area contributed by atoms with Crippen LogP contribution in [0.2, 0.25) is 0 Å². The van der Waals surface area contributed by atoms with Gasteiger partial charge in [0.05, 0.1) is 7.11 Å². The number of ether oxygens (including phenoxy) is 1. The average Bonchev–Trinajstić information content (AvgIpc) is 2.26. The Labute approximate surface area is 103 Å². The van der Waals surface area contributed by atoms with Crippen LogP contribution < -0.4 is 10.5 Å². The molecule has 1 atom stereocenters. The molecule has 2 N–H and O–H groups in total. The fourth-order valence-electron chi connectivity index (χ4n) is 1.50. The number of benzene rings is 1. The molecule has 1 aromatic rings. The first-order chi connectivity index (χ1) is 7.58. The van der Waals surface area contributed by atoms with Crippen LogP contribution in [0.15, 0.2) is 23.1 Å². The van der Waals surface area contributed by atoms with E-state index in [9.17, 15) is 0 Å². The van der Waals surface area contributed by atoms with Crippen LogP contribution in [0.1, 0.15) is 19.4 Å². The lowest BCUT2D eigenvalue weighted by molar-refractivity contribution is 0.414. The van der Waals surface area contributed by atoms with Crippen LogP contribution in [0.5, 0.6) is 5.75 Å². The predicted octanol–water partition coefficient (Wildman–Crippen LogP) is 3.08. The molecule has 0 heterocycles. The van der Waals surface area contributed by atoms with E-state index >= 15 is 0 Å². The van der Waals surface area contributed by atoms with Crippen molar-refractivity contribution in [3.63, 3.8) is 0 Å². The zero-order valence-corrected chi connectivity index (χ0v) is 11.3. The van der Waals surface area contributed by atoms with Crippen LogP contribution in [0.4, 0.5) is 0 Å². The summed E-state index contributed by atoms with van der Waals surface area (Å²) in [6.07, 6.45) is 0. The Morgan fingerprint density at radius 2 is 2.06 bits per heavy atom. The maximum atomic E-state index is 5.78. The molecule has 1 unspecified atom stereocenters. The predicted molar refractivity (Wildman–Crippen MR) is 71.3 cm³/mol. The summed E-state index contributed by atoms with van der Waals surface area (Å²) in [6, 6.07) is 6.18. The Morgan fingerprint density at radius 1 is 1.38 bits per heavy atom. The van der Waals surface area contributed by atoms with Gasteiger partial charge in [-0.3, -0.25) is 0 Å². The van der Waals surface area contributed by atoms with Crippen molar-refractivity contribution >= 4 is 11.8 Å². The van der Waals surface area contributed by atoms with Gasteiger partial charge in [0.25, 0.3) is 0 Å². The van der Waals surface area contributed by atoms with E-state index < -0.39 is 0 Å². The van der Waals surface area contributed by atoms with E-state index in [0.29, 0.717) is 17.7 Å². The van der Waals surface area contributed by atoms with Crippen LogP contribution in [0, 0.1) is 12.8 Å². The number of hydrogen-bond donors (Lipinski definition) is 1. The quantitative estimate of drug-likeness (QED) is 0.802. The van der Waals surface area contributed by atoms with E-state index in [1.807, 2.05) is 17.8 Å². The first kappa shape index (κ1) is 13.4. The van der Waals surface area contributed by atoms with Crippen LogP contribution in [0.25, 0.3) is 0 Å². The molecule has 0 bridgehead atoms. The molecule has 2 nitrogen and oxygen atoms in total. The van der Waals surface area contributed by atoms with Gasteiger partial charge in [-0.2, -0.15) is 0 Å². The summed E-state index contributed by atoms with van der Waals surface area (Å²) < 4.78 is 5.19. The van der Waals surface area contributed by atoms with E-state index in [1.54, 1.807) is 7.11 Å². The summed E-state index contributed by atoms with van der Waals surface area (Å²) in [5.41, 5.74) is 7.04. The van der Waals surface area contributed by atoms with Crippen LogP contribution in [-0.2, 0) is 0 Å². The highest BCUT2D eigenvalue weighted by Crippen LogP contribution is 2.31. The summed E-state index contributed by atoms with van der Waals surface area (Å²) in [5, 5.41) is 0.479. The Bertz CT molecular complexity index is 339. The van der Waals surface area contributed by atoms with Crippen molar-refractivity contribution in [2.24, 2.45) is 11.7 Å². The van der Waals surface area contributed by atoms with Gasteiger partial charge in [0, 0.05) is 16.7 Å². The molecule has 0 radical (unpaired) electrons. The van der Waals surface area contributed by atoms with E-state index in [-0.39, 0.29) is 0 Å². The Hall–Kier alpha value is -0.670. The standard InChI is InChI=1S/C13H21NOS/c1-9(2)13(8-14)16-12-6-5-11(15-4)7-10(12)3/h5-7,9,13H,8,14H2,1-4H3. The lowest BCUT2D eigenvalue weighted by Gasteiger charge is -2.19. The van der Waals surface area contributed by atoms with Gasteiger partial charge in [-0.15, -0.1) is 11.8 Å². The maximum Gasteiger partial charge on any atom is 0.119 e. The fourth-order valence-corrected chi connectivity index (χ4v) is 2.59. The van der Waals surface area contributed by atoms with Gasteiger partial charge in [-0.1, -0.05) is 13.8 Å². The van der Waals surface area contributed by atoms with Crippen molar-refractivity contribution in [3.8, 4) is 5.75 Å². The second-order valence-corrected chi connectivity index (χ2v) is 5.55. The van der Waals surface area contributed by atoms with Gasteiger partial charge in [0.1, 0.15) is 5.75 Å². The summed E-state index contributed by atoms with van der Waals surface area (Å²) in [6.45, 7) is 7.25. The van der Waals surface area contributed by atoms with Crippen molar-refractivity contribution < 1.29 is 4.74 Å². The number of aryl methyl sites for hydroxylation is 1. The highest BCUT2D eigenvalue weighted by atomic mass is 32.2. The summed E-state index contributed by atoms with van der Waals surface area (Å²) in [7, 11) is 1.69. The molecule has 0 fully saturated rings. The van der Waals surface area contributed by atoms with E-state index in [1.165, 1.54) is 10.5 Å². The molecule has 16 heavy (non-hydrogen) atoms. The highest BCUT2D eigenvalue weighted by molar-refractivity contribution is 8.00. The van der Waals surface area contributed by atoms with Crippen molar-refractivity contribution in [1.82, 2.24) is 0 Å². The molecule has 0 aliphatic carbocycles. The second-order valence-electron chi connectivity index (χ2n) is 4.27. The number of nitrogens with two attached hydrogens (primary N) is 1. The van der Waals surface area contributed by atoms with Crippen molar-refractivity contribution in [3.05, 3.63) is 23.8 Å². The SMILES string of the molecule is COc1ccc(SC(CN)C(C)C)c(C)c1. The second kappa shape index (κ2) is 6.16. The molecule has 3 heteroatoms. The summed E-state index contributed by atoms with van der Waals surface area (Å²) in [5.74, 6) is 1.51. The zero-order valence-electron chi connectivity index (χ0n) is 10.5. The van der Waals surface area contributed by atoms with Crippen LogP contribution >= 0.6 is 11.8 Å². The van der Waals surface area contributed by atoms with Gasteiger partial charge < -0.3 is 10.5 Å². The molecule has 0 aliphatic heterocycles. The molecule has 0 amide bonds. The third-order valence-electron chi connectivity index (χ3n) is 2.64. The van der Waals surface area contributed by atoms with E-state index in [4.69, 9.17) is 10.5 Å². The molecular formula is C13H21NOS. The molecule has 0 saturated heterocycles. The van der Waals surface area contributed by atoms with E-state index in [0.717, 1.165) is 5.75 Å². The minimum absolute atomic E-state index is 0.479. The molecule has 1 rings (SSSR count). The Morgan fingerprint density at radius 3 is 2.50 bits per heavy atom. The van der Waals surface area contributed by atoms with Crippen molar-refractivity contribution in [2.45, 2.75) is 30.9 Å². The molecule has 0 spiro atoms. The van der Waals surface area contributed by atoms with Gasteiger partial charge in [0.15, 0.2) is 0 Å². The average molecular weight is 239 g/mol. The molecule has 0 aromatic heterocycles. The molecule has 0 saturated carbocycles. The monoisotopic (exact) mass is 239 g/mol. The van der Waals surface area contributed by atoms with Crippen molar-refractivity contribution in [2.75, 3.05) is 13.7 Å². The highest BCUT2D eigenvalue weighted by Gasteiger charge is 2.14. The number of methoxy groups -OCH3 is 1.